The first kappa shape index (κ1) is 16.7. The van der Waals surface area contributed by atoms with Gasteiger partial charge >= 0.3 is 0 Å². The van der Waals surface area contributed by atoms with Crippen LogP contribution >= 0.6 is 0 Å². The fourth-order valence-corrected chi connectivity index (χ4v) is 3.94. The molecule has 1 aromatic rings. The van der Waals surface area contributed by atoms with Crippen LogP contribution in [0.5, 0.6) is 0 Å². The summed E-state index contributed by atoms with van der Waals surface area (Å²) in [5.41, 5.74) is 6.52. The van der Waals surface area contributed by atoms with Crippen molar-refractivity contribution in [3.05, 3.63) is 84.3 Å². The number of benzene rings is 1. The Labute approximate surface area is 136 Å². The number of hydrogen-bond acceptors (Lipinski definition) is 1. The van der Waals surface area contributed by atoms with Crippen LogP contribution < -0.4 is 0 Å². The van der Waals surface area contributed by atoms with E-state index in [1.165, 1.54) is 11.1 Å². The summed E-state index contributed by atoms with van der Waals surface area (Å²) in [4.78, 5) is 0. The Kier molecular flexibility index (Phi) is 5.75. The molecule has 2 atom stereocenters. The van der Waals surface area contributed by atoms with Crippen LogP contribution in [0.25, 0.3) is 0 Å². The quantitative estimate of drug-likeness (QED) is 0.655. The first-order chi connectivity index (χ1) is 10.6. The molecule has 0 N–H and O–H groups in total. The molecule has 0 heterocycles. The van der Waals surface area contributed by atoms with Crippen molar-refractivity contribution in [3.8, 4) is 0 Å². The van der Waals surface area contributed by atoms with Gasteiger partial charge in [-0.2, -0.15) is 0 Å². The standard InChI is InChI=1S/C20H25OSi/c1-5-22(6-2)21-16-15-20(14-10-9-12-18(20)4)19-13-8-7-11-17(19)3/h5-14,18H,1-2,15-16H2,3-4H3. The number of hydrogen-bond donors (Lipinski definition) is 0. The van der Waals surface area contributed by atoms with Crippen molar-refractivity contribution in [2.24, 2.45) is 5.92 Å². The van der Waals surface area contributed by atoms with Crippen LogP contribution in [0.2, 0.25) is 0 Å². The van der Waals surface area contributed by atoms with E-state index in [2.05, 4.69) is 75.6 Å². The van der Waals surface area contributed by atoms with Crippen LogP contribution in [-0.4, -0.2) is 15.6 Å². The van der Waals surface area contributed by atoms with E-state index in [1.54, 1.807) is 0 Å². The molecule has 0 amide bonds. The molecule has 1 nitrogen and oxygen atoms in total. The lowest BCUT2D eigenvalue weighted by Gasteiger charge is -2.39. The van der Waals surface area contributed by atoms with E-state index in [0.29, 0.717) is 5.92 Å². The molecule has 1 aromatic carbocycles. The lowest BCUT2D eigenvalue weighted by Crippen LogP contribution is -2.35. The first-order valence-electron chi connectivity index (χ1n) is 7.81. The molecule has 0 fully saturated rings. The fourth-order valence-electron chi connectivity index (χ4n) is 3.20. The largest absolute Gasteiger partial charge is 0.408 e. The maximum atomic E-state index is 5.99. The second-order valence-electron chi connectivity index (χ2n) is 5.80. The van der Waals surface area contributed by atoms with Gasteiger partial charge in [0, 0.05) is 12.0 Å². The first-order valence-corrected chi connectivity index (χ1v) is 9.37. The molecule has 0 saturated carbocycles. The lowest BCUT2D eigenvalue weighted by molar-refractivity contribution is 0.261. The lowest BCUT2D eigenvalue weighted by atomic mass is 9.66. The molecule has 2 unspecified atom stereocenters. The van der Waals surface area contributed by atoms with Crippen molar-refractivity contribution < 1.29 is 4.43 Å². The minimum Gasteiger partial charge on any atom is -0.408 e. The molecule has 1 aliphatic carbocycles. The third kappa shape index (κ3) is 3.40. The highest BCUT2D eigenvalue weighted by atomic mass is 28.3. The van der Waals surface area contributed by atoms with Crippen LogP contribution in [0.1, 0.15) is 24.5 Å². The van der Waals surface area contributed by atoms with Crippen LogP contribution in [0, 0.1) is 12.8 Å². The highest BCUT2D eigenvalue weighted by molar-refractivity contribution is 6.62. The Balaban J connectivity index is 2.26. The van der Waals surface area contributed by atoms with Gasteiger partial charge in [0.2, 0.25) is 0 Å². The molecule has 0 bridgehead atoms. The van der Waals surface area contributed by atoms with Crippen LogP contribution in [0.15, 0.2) is 73.1 Å². The number of aryl methyl sites for hydroxylation is 1. The smallest absolute Gasteiger partial charge is 0.266 e. The topological polar surface area (TPSA) is 9.23 Å². The van der Waals surface area contributed by atoms with E-state index in [9.17, 15) is 0 Å². The average molecular weight is 310 g/mol. The van der Waals surface area contributed by atoms with Gasteiger partial charge in [-0.05, 0) is 30.4 Å². The third-order valence-electron chi connectivity index (χ3n) is 4.55. The summed E-state index contributed by atoms with van der Waals surface area (Å²) in [6.45, 7) is 12.9. The predicted octanol–water partition coefficient (Wildman–Crippen LogP) is 4.84. The van der Waals surface area contributed by atoms with Gasteiger partial charge in [0.05, 0.1) is 0 Å². The summed E-state index contributed by atoms with van der Waals surface area (Å²) in [5.74, 6) is 0.449. The summed E-state index contributed by atoms with van der Waals surface area (Å²) in [7, 11) is -1.07. The van der Waals surface area contributed by atoms with Gasteiger partial charge in [-0.25, -0.2) is 0 Å². The molecule has 115 valence electrons. The summed E-state index contributed by atoms with van der Waals surface area (Å²) in [6, 6.07) is 8.68. The highest BCUT2D eigenvalue weighted by Gasteiger charge is 2.36. The minimum absolute atomic E-state index is 0.00934. The van der Waals surface area contributed by atoms with Crippen LogP contribution in [-0.2, 0) is 9.84 Å². The summed E-state index contributed by atoms with van der Waals surface area (Å²) < 4.78 is 5.99. The average Bonchev–Trinajstić information content (AvgIpc) is 2.54. The molecule has 2 rings (SSSR count). The molecule has 0 aliphatic heterocycles. The molecule has 0 spiro atoms. The Morgan fingerprint density at radius 1 is 1.23 bits per heavy atom. The molecule has 1 radical (unpaired) electrons. The van der Waals surface area contributed by atoms with Gasteiger partial charge in [0.1, 0.15) is 0 Å². The monoisotopic (exact) mass is 309 g/mol. The van der Waals surface area contributed by atoms with E-state index in [-0.39, 0.29) is 5.41 Å². The SMILES string of the molecule is C=C[Si](C=C)OCCC1(c2ccccc2C)C=CC=CC1C. The third-order valence-corrected chi connectivity index (χ3v) is 5.89. The minimum atomic E-state index is -1.07. The van der Waals surface area contributed by atoms with Crippen molar-refractivity contribution in [3.63, 3.8) is 0 Å². The van der Waals surface area contributed by atoms with E-state index in [0.717, 1.165) is 13.0 Å². The van der Waals surface area contributed by atoms with Crippen LogP contribution in [0.3, 0.4) is 0 Å². The predicted molar refractivity (Wildman–Crippen MR) is 97.0 cm³/mol. The molecule has 0 aromatic heterocycles. The summed E-state index contributed by atoms with van der Waals surface area (Å²) in [6.07, 6.45) is 9.91. The second kappa shape index (κ2) is 7.57. The number of allylic oxidation sites excluding steroid dienone is 4. The fraction of sp³-hybridized carbons (Fsp3) is 0.300. The normalized spacial score (nSPS) is 23.7. The Morgan fingerprint density at radius 2 is 1.95 bits per heavy atom. The molecule has 1 aliphatic rings. The van der Waals surface area contributed by atoms with Crippen molar-refractivity contribution >= 4 is 9.04 Å². The molecule has 0 saturated heterocycles. The van der Waals surface area contributed by atoms with E-state index in [4.69, 9.17) is 4.43 Å². The molecular weight excluding hydrogens is 284 g/mol. The van der Waals surface area contributed by atoms with Gasteiger partial charge in [0.25, 0.3) is 9.04 Å². The van der Waals surface area contributed by atoms with Crippen molar-refractivity contribution in [1.29, 1.82) is 0 Å². The van der Waals surface area contributed by atoms with Crippen molar-refractivity contribution in [1.82, 2.24) is 0 Å². The highest BCUT2D eigenvalue weighted by Crippen LogP contribution is 2.41. The zero-order chi connectivity index (χ0) is 16.0. The maximum absolute atomic E-state index is 5.99. The molecule has 2 heteroatoms. The maximum Gasteiger partial charge on any atom is 0.266 e. The van der Waals surface area contributed by atoms with Crippen molar-refractivity contribution in [2.75, 3.05) is 6.61 Å². The Hall–Kier alpha value is -1.64. The van der Waals surface area contributed by atoms with E-state index < -0.39 is 9.04 Å². The molecular formula is C20H25OSi. The second-order valence-corrected chi connectivity index (χ2v) is 7.71. The Bertz CT molecular complexity index is 579. The zero-order valence-electron chi connectivity index (χ0n) is 13.6. The summed E-state index contributed by atoms with van der Waals surface area (Å²) in [5, 5.41) is 0. The Morgan fingerprint density at radius 3 is 2.59 bits per heavy atom. The van der Waals surface area contributed by atoms with E-state index in [1.807, 2.05) is 11.4 Å². The van der Waals surface area contributed by atoms with Gasteiger partial charge in [-0.1, -0.05) is 66.9 Å². The van der Waals surface area contributed by atoms with Gasteiger partial charge in [0.15, 0.2) is 0 Å². The van der Waals surface area contributed by atoms with Gasteiger partial charge in [-0.3, -0.25) is 0 Å². The van der Waals surface area contributed by atoms with E-state index >= 15 is 0 Å². The summed E-state index contributed by atoms with van der Waals surface area (Å²) >= 11 is 0. The van der Waals surface area contributed by atoms with Gasteiger partial charge in [-0.15, -0.1) is 13.2 Å². The van der Waals surface area contributed by atoms with Crippen molar-refractivity contribution in [2.45, 2.75) is 25.7 Å². The number of rotatable bonds is 7. The van der Waals surface area contributed by atoms with Gasteiger partial charge < -0.3 is 4.43 Å². The van der Waals surface area contributed by atoms with Crippen LogP contribution in [0.4, 0.5) is 0 Å². The zero-order valence-corrected chi connectivity index (χ0v) is 14.6. The molecule has 22 heavy (non-hydrogen) atoms.